The summed E-state index contributed by atoms with van der Waals surface area (Å²) in [6.45, 7) is 5.63. The summed E-state index contributed by atoms with van der Waals surface area (Å²) < 4.78 is 5.25. The lowest BCUT2D eigenvalue weighted by Gasteiger charge is -2.28. The van der Waals surface area contributed by atoms with Gasteiger partial charge in [0.2, 0.25) is 0 Å². The average Bonchev–Trinajstić information content (AvgIpc) is 2.58. The highest BCUT2D eigenvalue weighted by Crippen LogP contribution is 2.43. The number of carbonyl (C=O) groups is 1. The van der Waals surface area contributed by atoms with Crippen LogP contribution in [0.2, 0.25) is 0 Å². The van der Waals surface area contributed by atoms with E-state index in [1.165, 1.54) is 6.42 Å². The third-order valence-electron chi connectivity index (χ3n) is 3.61. The summed E-state index contributed by atoms with van der Waals surface area (Å²) in [6, 6.07) is 0.626. The second-order valence-corrected chi connectivity index (χ2v) is 6.14. The van der Waals surface area contributed by atoms with Gasteiger partial charge < -0.3 is 15.8 Å². The van der Waals surface area contributed by atoms with Gasteiger partial charge in [-0.2, -0.15) is 0 Å². The Bertz CT molecular complexity index is 283. The summed E-state index contributed by atoms with van der Waals surface area (Å²) in [5.74, 6) is 1.16. The molecule has 0 saturated heterocycles. The smallest absolute Gasteiger partial charge is 0.407 e. The Balaban J connectivity index is 1.82. The molecule has 4 nitrogen and oxygen atoms in total. The Morgan fingerprint density at radius 2 is 1.94 bits per heavy atom. The second-order valence-electron chi connectivity index (χ2n) is 6.14. The molecular formula is C12H22N2O2. The van der Waals surface area contributed by atoms with E-state index in [-0.39, 0.29) is 12.1 Å². The van der Waals surface area contributed by atoms with Crippen molar-refractivity contribution >= 4 is 6.09 Å². The molecular weight excluding hydrogens is 204 g/mol. The molecule has 2 aliphatic rings. The van der Waals surface area contributed by atoms with Gasteiger partial charge in [-0.05, 0) is 51.9 Å². The van der Waals surface area contributed by atoms with E-state index in [2.05, 4.69) is 5.32 Å². The summed E-state index contributed by atoms with van der Waals surface area (Å²) in [6.07, 6.45) is 2.94. The van der Waals surface area contributed by atoms with Crippen LogP contribution in [0.1, 0.15) is 40.0 Å². The molecule has 4 unspecified atom stereocenters. The molecule has 0 radical (unpaired) electrons. The highest BCUT2D eigenvalue weighted by Gasteiger charge is 2.45. The van der Waals surface area contributed by atoms with Crippen LogP contribution in [0.15, 0.2) is 0 Å². The van der Waals surface area contributed by atoms with Gasteiger partial charge in [-0.15, -0.1) is 0 Å². The molecule has 4 atom stereocenters. The van der Waals surface area contributed by atoms with Crippen LogP contribution >= 0.6 is 0 Å². The zero-order chi connectivity index (χ0) is 11.9. The van der Waals surface area contributed by atoms with Gasteiger partial charge in [0.05, 0.1) is 0 Å². The number of amides is 1. The monoisotopic (exact) mass is 226 g/mol. The van der Waals surface area contributed by atoms with Crippen LogP contribution in [0.5, 0.6) is 0 Å². The Hall–Kier alpha value is -0.770. The SMILES string of the molecule is CC(C)(C)OC(=O)NC1CC2CC1CC2N. The Kier molecular flexibility index (Phi) is 2.86. The summed E-state index contributed by atoms with van der Waals surface area (Å²) >= 11 is 0. The van der Waals surface area contributed by atoms with Gasteiger partial charge >= 0.3 is 6.09 Å². The zero-order valence-electron chi connectivity index (χ0n) is 10.3. The molecule has 0 spiro atoms. The number of fused-ring (bicyclic) bond motifs is 2. The Morgan fingerprint density at radius 3 is 2.38 bits per heavy atom. The number of hydrogen-bond donors (Lipinski definition) is 2. The Morgan fingerprint density at radius 1 is 1.25 bits per heavy atom. The van der Waals surface area contributed by atoms with Crippen molar-refractivity contribution in [3.05, 3.63) is 0 Å². The van der Waals surface area contributed by atoms with Crippen molar-refractivity contribution in [3.63, 3.8) is 0 Å². The maximum Gasteiger partial charge on any atom is 0.407 e. The molecule has 92 valence electrons. The average molecular weight is 226 g/mol. The molecule has 2 bridgehead atoms. The Labute approximate surface area is 96.9 Å². The van der Waals surface area contributed by atoms with Gasteiger partial charge in [-0.25, -0.2) is 4.79 Å². The van der Waals surface area contributed by atoms with Crippen LogP contribution in [-0.4, -0.2) is 23.8 Å². The number of nitrogens with one attached hydrogen (secondary N) is 1. The molecule has 2 saturated carbocycles. The molecule has 0 heterocycles. The van der Waals surface area contributed by atoms with Crippen LogP contribution < -0.4 is 11.1 Å². The van der Waals surface area contributed by atoms with Gasteiger partial charge in [-0.1, -0.05) is 0 Å². The van der Waals surface area contributed by atoms with Gasteiger partial charge in [0.15, 0.2) is 0 Å². The topological polar surface area (TPSA) is 64.3 Å². The van der Waals surface area contributed by atoms with Crippen LogP contribution in [-0.2, 0) is 4.74 Å². The maximum atomic E-state index is 11.6. The van der Waals surface area contributed by atoms with Gasteiger partial charge in [0.25, 0.3) is 0 Å². The predicted octanol–water partition coefficient (Wildman–Crippen LogP) is 1.64. The quantitative estimate of drug-likeness (QED) is 0.714. The normalized spacial score (nSPS) is 37.5. The molecule has 2 fully saturated rings. The van der Waals surface area contributed by atoms with Crippen molar-refractivity contribution in [2.75, 3.05) is 0 Å². The van der Waals surface area contributed by atoms with E-state index in [1.54, 1.807) is 0 Å². The van der Waals surface area contributed by atoms with E-state index in [1.807, 2.05) is 20.8 Å². The molecule has 0 aromatic heterocycles. The minimum atomic E-state index is -0.419. The number of alkyl carbamates (subject to hydrolysis) is 1. The van der Waals surface area contributed by atoms with Gasteiger partial charge in [0, 0.05) is 12.1 Å². The summed E-state index contributed by atoms with van der Waals surface area (Å²) in [4.78, 5) is 11.6. The highest BCUT2D eigenvalue weighted by molar-refractivity contribution is 5.68. The lowest BCUT2D eigenvalue weighted by Crippen LogP contribution is -2.44. The van der Waals surface area contributed by atoms with Crippen LogP contribution in [0.4, 0.5) is 4.79 Å². The van der Waals surface area contributed by atoms with Crippen LogP contribution in [0, 0.1) is 11.8 Å². The minimum Gasteiger partial charge on any atom is -0.444 e. The molecule has 3 N–H and O–H groups in total. The second kappa shape index (κ2) is 3.91. The fourth-order valence-electron chi connectivity index (χ4n) is 2.96. The van der Waals surface area contributed by atoms with E-state index >= 15 is 0 Å². The van der Waals surface area contributed by atoms with Crippen LogP contribution in [0.3, 0.4) is 0 Å². The van der Waals surface area contributed by atoms with E-state index in [9.17, 15) is 4.79 Å². The first-order chi connectivity index (χ1) is 7.35. The minimum absolute atomic E-state index is 0.277. The van der Waals surface area contributed by atoms with Crippen molar-refractivity contribution in [3.8, 4) is 0 Å². The third kappa shape index (κ3) is 2.48. The predicted molar refractivity (Wildman–Crippen MR) is 62.0 cm³/mol. The highest BCUT2D eigenvalue weighted by atomic mass is 16.6. The molecule has 0 aliphatic heterocycles. The largest absolute Gasteiger partial charge is 0.444 e. The van der Waals surface area contributed by atoms with Crippen LogP contribution in [0.25, 0.3) is 0 Å². The molecule has 1 amide bonds. The number of rotatable bonds is 1. The number of hydrogen-bond acceptors (Lipinski definition) is 3. The lowest BCUT2D eigenvalue weighted by atomic mass is 9.92. The maximum absolute atomic E-state index is 11.6. The van der Waals surface area contributed by atoms with Crippen molar-refractivity contribution in [2.24, 2.45) is 17.6 Å². The van der Waals surface area contributed by atoms with Crippen molar-refractivity contribution in [1.29, 1.82) is 0 Å². The van der Waals surface area contributed by atoms with Crippen molar-refractivity contribution in [1.82, 2.24) is 5.32 Å². The zero-order valence-corrected chi connectivity index (χ0v) is 10.3. The molecule has 16 heavy (non-hydrogen) atoms. The standard InChI is InChI=1S/C12H22N2O2/c1-12(2,3)16-11(15)14-10-6-7-4-8(10)5-9(7)13/h7-10H,4-6,13H2,1-3H3,(H,14,15). The number of ether oxygens (including phenoxy) is 1. The van der Waals surface area contributed by atoms with Crippen molar-refractivity contribution < 1.29 is 9.53 Å². The first kappa shape index (κ1) is 11.7. The third-order valence-corrected chi connectivity index (χ3v) is 3.61. The fourth-order valence-corrected chi connectivity index (χ4v) is 2.96. The van der Waals surface area contributed by atoms with Gasteiger partial charge in [0.1, 0.15) is 5.60 Å². The molecule has 2 aliphatic carbocycles. The van der Waals surface area contributed by atoms with E-state index in [0.29, 0.717) is 17.9 Å². The fraction of sp³-hybridized carbons (Fsp3) is 0.917. The van der Waals surface area contributed by atoms with E-state index in [0.717, 1.165) is 12.8 Å². The van der Waals surface area contributed by atoms with E-state index in [4.69, 9.17) is 10.5 Å². The molecule has 0 aromatic carbocycles. The molecule has 0 aromatic rings. The summed E-state index contributed by atoms with van der Waals surface area (Å²) in [7, 11) is 0. The first-order valence-corrected chi connectivity index (χ1v) is 6.10. The molecule has 2 rings (SSSR count). The summed E-state index contributed by atoms with van der Waals surface area (Å²) in [5.41, 5.74) is 5.55. The lowest BCUT2D eigenvalue weighted by molar-refractivity contribution is 0.0485. The summed E-state index contributed by atoms with van der Waals surface area (Å²) in [5, 5.41) is 2.97. The van der Waals surface area contributed by atoms with Gasteiger partial charge in [-0.3, -0.25) is 0 Å². The number of carbonyl (C=O) groups excluding carboxylic acids is 1. The molecule has 4 heteroatoms. The number of nitrogens with two attached hydrogens (primary N) is 1. The van der Waals surface area contributed by atoms with E-state index < -0.39 is 5.60 Å². The first-order valence-electron chi connectivity index (χ1n) is 6.10. The van der Waals surface area contributed by atoms with Crippen molar-refractivity contribution in [2.45, 2.75) is 57.7 Å².